The summed E-state index contributed by atoms with van der Waals surface area (Å²) >= 11 is 11.3. The lowest BCUT2D eigenvalue weighted by atomic mass is 10.1. The molecule has 0 bridgehead atoms. The van der Waals surface area contributed by atoms with Crippen LogP contribution in [0.1, 0.15) is 0 Å². The van der Waals surface area contributed by atoms with E-state index >= 15 is 0 Å². The molecule has 1 aliphatic carbocycles. The monoisotopic (exact) mass is 222 g/mol. The molecule has 0 amide bonds. The van der Waals surface area contributed by atoms with E-state index in [-0.39, 0.29) is 16.8 Å². The molecule has 0 aromatic heterocycles. The van der Waals surface area contributed by atoms with Crippen molar-refractivity contribution in [3.05, 3.63) is 23.8 Å². The van der Waals surface area contributed by atoms with Gasteiger partial charge in [-0.25, -0.2) is 4.21 Å². The second kappa shape index (κ2) is 4.03. The molecular formula is C7H4Cl2O2S. The van der Waals surface area contributed by atoms with Crippen LogP contribution in [0, 0.1) is 0 Å². The maximum atomic E-state index is 10.7. The highest BCUT2D eigenvalue weighted by Crippen LogP contribution is 2.18. The molecule has 0 aromatic carbocycles. The van der Waals surface area contributed by atoms with E-state index in [1.165, 1.54) is 6.08 Å². The fourth-order valence-corrected chi connectivity index (χ4v) is 1.73. The van der Waals surface area contributed by atoms with E-state index in [0.29, 0.717) is 4.86 Å². The van der Waals surface area contributed by atoms with Gasteiger partial charge in [-0.3, -0.25) is 4.79 Å². The minimum Gasteiger partial charge on any atom is -0.276 e. The van der Waals surface area contributed by atoms with Gasteiger partial charge in [0.2, 0.25) is 5.24 Å². The number of allylic oxidation sites excluding steroid dienone is 4. The lowest BCUT2D eigenvalue weighted by molar-refractivity contribution is -0.108. The van der Waals surface area contributed by atoms with Crippen molar-refractivity contribution in [2.24, 2.45) is 0 Å². The Morgan fingerprint density at radius 1 is 1.58 bits per heavy atom. The van der Waals surface area contributed by atoms with Crippen LogP contribution < -0.4 is 0 Å². The number of hydrogen-bond acceptors (Lipinski definition) is 2. The van der Waals surface area contributed by atoms with Gasteiger partial charge in [0, 0.05) is 5.57 Å². The molecule has 0 aliphatic heterocycles. The number of hydrogen-bond donors (Lipinski definition) is 0. The standard InChI is InChI=1S/C7H4Cl2O2S/c8-6-4(7(9)10)2-1-3-5(6)12-11/h1-3,6H. The first-order valence-electron chi connectivity index (χ1n) is 3.05. The zero-order valence-electron chi connectivity index (χ0n) is 5.79. The quantitative estimate of drug-likeness (QED) is 0.380. The molecule has 0 saturated heterocycles. The first-order valence-corrected chi connectivity index (χ1v) is 4.61. The highest BCUT2D eigenvalue weighted by atomic mass is 35.5. The fourth-order valence-electron chi connectivity index (χ4n) is 0.804. The van der Waals surface area contributed by atoms with Crippen molar-refractivity contribution >= 4 is 44.6 Å². The van der Waals surface area contributed by atoms with Crippen LogP contribution >= 0.6 is 23.2 Å². The van der Waals surface area contributed by atoms with E-state index in [0.717, 1.165) is 0 Å². The lowest BCUT2D eigenvalue weighted by Crippen LogP contribution is -2.20. The molecule has 0 heterocycles. The average Bonchev–Trinajstić information content (AvgIpc) is 2.04. The van der Waals surface area contributed by atoms with Crippen LogP contribution in [0.5, 0.6) is 0 Å². The normalized spacial score (nSPS) is 22.0. The Morgan fingerprint density at radius 3 is 2.75 bits per heavy atom. The highest BCUT2D eigenvalue weighted by Gasteiger charge is 2.22. The van der Waals surface area contributed by atoms with Crippen molar-refractivity contribution in [3.8, 4) is 0 Å². The molecule has 0 fully saturated rings. The first-order chi connectivity index (χ1) is 5.66. The third-order valence-corrected chi connectivity index (χ3v) is 2.76. The van der Waals surface area contributed by atoms with Crippen LogP contribution in [0.3, 0.4) is 0 Å². The zero-order chi connectivity index (χ0) is 9.14. The maximum absolute atomic E-state index is 10.7. The summed E-state index contributed by atoms with van der Waals surface area (Å²) in [7, 11) is 0. The molecule has 0 N–H and O–H groups in total. The van der Waals surface area contributed by atoms with Crippen molar-refractivity contribution in [3.63, 3.8) is 0 Å². The molecule has 1 rings (SSSR count). The van der Waals surface area contributed by atoms with Gasteiger partial charge in [-0.15, -0.1) is 11.6 Å². The van der Waals surface area contributed by atoms with Gasteiger partial charge < -0.3 is 0 Å². The molecule has 64 valence electrons. The second-order valence-electron chi connectivity index (χ2n) is 2.10. The summed E-state index contributed by atoms with van der Waals surface area (Å²) in [4.78, 5) is 11.1. The summed E-state index contributed by atoms with van der Waals surface area (Å²) in [5, 5.41) is -1.31. The molecule has 2 nitrogen and oxygen atoms in total. The van der Waals surface area contributed by atoms with Gasteiger partial charge in [-0.1, -0.05) is 12.2 Å². The van der Waals surface area contributed by atoms with E-state index in [1.54, 1.807) is 12.2 Å². The van der Waals surface area contributed by atoms with Gasteiger partial charge in [-0.2, -0.15) is 0 Å². The summed E-state index contributed by atoms with van der Waals surface area (Å²) in [5.41, 5.74) is 0.249. The van der Waals surface area contributed by atoms with Crippen LogP contribution in [0.15, 0.2) is 23.8 Å². The molecule has 0 aromatic rings. The number of rotatable bonds is 1. The van der Waals surface area contributed by atoms with Gasteiger partial charge in [0.25, 0.3) is 0 Å². The molecule has 1 aliphatic rings. The minimum atomic E-state index is -0.692. The lowest BCUT2D eigenvalue weighted by Gasteiger charge is -2.11. The average molecular weight is 223 g/mol. The third kappa shape index (κ3) is 1.86. The van der Waals surface area contributed by atoms with Crippen LogP contribution in [0.25, 0.3) is 0 Å². The van der Waals surface area contributed by atoms with Crippen LogP contribution in [0.4, 0.5) is 0 Å². The molecule has 0 spiro atoms. The van der Waals surface area contributed by atoms with Gasteiger partial charge in [0.1, 0.15) is 5.38 Å². The Labute approximate surface area is 82.9 Å². The Hall–Kier alpha value is -0.380. The van der Waals surface area contributed by atoms with E-state index < -0.39 is 10.6 Å². The van der Waals surface area contributed by atoms with E-state index in [4.69, 9.17) is 23.2 Å². The fraction of sp³-hybridized carbons (Fsp3) is 0.143. The van der Waals surface area contributed by atoms with Crippen molar-refractivity contribution < 1.29 is 9.00 Å². The highest BCUT2D eigenvalue weighted by molar-refractivity contribution is 7.67. The second-order valence-corrected chi connectivity index (χ2v) is 3.52. The predicted octanol–water partition coefficient (Wildman–Crippen LogP) is 1.24. The summed E-state index contributed by atoms with van der Waals surface area (Å²) < 4.78 is 10.4. The smallest absolute Gasteiger partial charge is 0.250 e. The van der Waals surface area contributed by atoms with Crippen LogP contribution in [-0.4, -0.2) is 19.7 Å². The Bertz CT molecular complexity index is 326. The van der Waals surface area contributed by atoms with Gasteiger partial charge >= 0.3 is 0 Å². The molecular weight excluding hydrogens is 219 g/mol. The predicted molar refractivity (Wildman–Crippen MR) is 50.9 cm³/mol. The maximum Gasteiger partial charge on any atom is 0.250 e. The Balaban J connectivity index is 3.06. The first kappa shape index (κ1) is 9.71. The molecule has 1 unspecified atom stereocenters. The molecule has 1 atom stereocenters. The van der Waals surface area contributed by atoms with E-state index in [9.17, 15) is 9.00 Å². The summed E-state index contributed by atoms with van der Waals surface area (Å²) in [5.74, 6) is 0. The van der Waals surface area contributed by atoms with Crippen molar-refractivity contribution in [1.29, 1.82) is 0 Å². The molecule has 12 heavy (non-hydrogen) atoms. The number of halogens is 2. The zero-order valence-corrected chi connectivity index (χ0v) is 8.12. The van der Waals surface area contributed by atoms with Gasteiger partial charge in [0.15, 0.2) is 0 Å². The SMILES string of the molecule is O=S=C1C=CC=C(C(=O)Cl)C1Cl. The molecule has 5 heteroatoms. The van der Waals surface area contributed by atoms with Crippen LogP contribution in [-0.2, 0) is 16.1 Å². The number of carbonyl (C=O) groups excluding carboxylic acids is 1. The molecule has 0 saturated carbocycles. The Morgan fingerprint density at radius 2 is 2.25 bits per heavy atom. The topological polar surface area (TPSA) is 34.1 Å². The van der Waals surface area contributed by atoms with Crippen LogP contribution in [0.2, 0.25) is 0 Å². The van der Waals surface area contributed by atoms with Gasteiger partial charge in [-0.05, 0) is 17.7 Å². The summed E-state index contributed by atoms with van der Waals surface area (Å²) in [6.45, 7) is 0. The number of carbonyl (C=O) groups is 1. The largest absolute Gasteiger partial charge is 0.276 e. The van der Waals surface area contributed by atoms with Crippen molar-refractivity contribution in [2.45, 2.75) is 5.38 Å². The van der Waals surface area contributed by atoms with E-state index in [1.807, 2.05) is 0 Å². The van der Waals surface area contributed by atoms with Gasteiger partial charge in [0.05, 0.1) is 16.1 Å². The van der Waals surface area contributed by atoms with Crippen molar-refractivity contribution in [2.75, 3.05) is 0 Å². The molecule has 0 radical (unpaired) electrons. The third-order valence-electron chi connectivity index (χ3n) is 1.38. The summed E-state index contributed by atoms with van der Waals surface area (Å²) in [6, 6.07) is 0. The van der Waals surface area contributed by atoms with Crippen molar-refractivity contribution in [1.82, 2.24) is 0 Å². The van der Waals surface area contributed by atoms with E-state index in [2.05, 4.69) is 0 Å². The minimum absolute atomic E-state index is 0.249. The Kier molecular flexibility index (Phi) is 3.26. The number of alkyl halides is 1. The summed E-state index contributed by atoms with van der Waals surface area (Å²) in [6.07, 6.45) is 4.65.